The molecule has 1 aromatic rings. The maximum atomic E-state index is 12.8. The van der Waals surface area contributed by atoms with Gasteiger partial charge in [-0.1, -0.05) is 19.1 Å². The second-order valence-electron chi connectivity index (χ2n) is 6.07. The van der Waals surface area contributed by atoms with E-state index < -0.39 is 10.0 Å². The van der Waals surface area contributed by atoms with Gasteiger partial charge in [0.2, 0.25) is 10.0 Å². The van der Waals surface area contributed by atoms with E-state index in [9.17, 15) is 13.2 Å². The Labute approximate surface area is 156 Å². The summed E-state index contributed by atoms with van der Waals surface area (Å²) in [5.74, 6) is 0.108. The summed E-state index contributed by atoms with van der Waals surface area (Å²) in [5.41, 5.74) is 1.49. The summed E-state index contributed by atoms with van der Waals surface area (Å²) < 4.78 is 25.5. The van der Waals surface area contributed by atoms with Crippen molar-refractivity contribution in [1.29, 1.82) is 0 Å². The van der Waals surface area contributed by atoms with Crippen molar-refractivity contribution >= 4 is 28.3 Å². The van der Waals surface area contributed by atoms with E-state index in [1.807, 2.05) is 17.0 Å². The molecule has 0 aliphatic carbocycles. The Bertz CT molecular complexity index is 644. The maximum Gasteiger partial charge on any atom is 0.254 e. The molecule has 1 saturated heterocycles. The van der Waals surface area contributed by atoms with Gasteiger partial charge in [-0.25, -0.2) is 13.1 Å². The highest BCUT2D eigenvalue weighted by atomic mass is 35.5. The number of halogens is 1. The molecule has 0 saturated carbocycles. The van der Waals surface area contributed by atoms with Crippen molar-refractivity contribution in [2.24, 2.45) is 0 Å². The number of sulfonamides is 1. The summed E-state index contributed by atoms with van der Waals surface area (Å²) in [5, 5.41) is 3.30. The molecular formula is C17H28ClN3O3S. The van der Waals surface area contributed by atoms with Crippen LogP contribution in [0.2, 0.25) is 0 Å². The van der Waals surface area contributed by atoms with E-state index in [0.29, 0.717) is 5.56 Å². The summed E-state index contributed by atoms with van der Waals surface area (Å²) in [6, 6.07) is 7.44. The normalized spacial score (nSPS) is 17.1. The highest BCUT2D eigenvalue weighted by Crippen LogP contribution is 2.15. The van der Waals surface area contributed by atoms with Gasteiger partial charge in [-0.15, -0.1) is 12.4 Å². The van der Waals surface area contributed by atoms with Crippen molar-refractivity contribution in [3.63, 3.8) is 0 Å². The zero-order valence-corrected chi connectivity index (χ0v) is 16.5. The van der Waals surface area contributed by atoms with Gasteiger partial charge in [0.15, 0.2) is 0 Å². The van der Waals surface area contributed by atoms with Crippen molar-refractivity contribution in [2.45, 2.75) is 39.3 Å². The summed E-state index contributed by atoms with van der Waals surface area (Å²) >= 11 is 0. The molecule has 2 rings (SSSR count). The number of carbonyl (C=O) groups excluding carboxylic acids is 1. The smallest absolute Gasteiger partial charge is 0.254 e. The molecule has 1 atom stereocenters. The molecule has 1 fully saturated rings. The molecule has 1 aliphatic heterocycles. The molecule has 8 heteroatoms. The molecule has 25 heavy (non-hydrogen) atoms. The van der Waals surface area contributed by atoms with Gasteiger partial charge >= 0.3 is 0 Å². The lowest BCUT2D eigenvalue weighted by atomic mass is 10.1. The van der Waals surface area contributed by atoms with Gasteiger partial charge in [-0.2, -0.15) is 0 Å². The molecule has 142 valence electrons. The molecule has 2 N–H and O–H groups in total. The first-order valence-electron chi connectivity index (χ1n) is 8.54. The van der Waals surface area contributed by atoms with Crippen LogP contribution < -0.4 is 10.0 Å². The van der Waals surface area contributed by atoms with Crippen LogP contribution in [0.25, 0.3) is 0 Å². The van der Waals surface area contributed by atoms with Crippen molar-refractivity contribution in [2.75, 3.05) is 25.4 Å². The first-order chi connectivity index (χ1) is 11.5. The van der Waals surface area contributed by atoms with Crippen molar-refractivity contribution in [3.8, 4) is 0 Å². The van der Waals surface area contributed by atoms with Gasteiger partial charge in [-0.3, -0.25) is 4.79 Å². The molecule has 0 aromatic heterocycles. The molecule has 0 bridgehead atoms. The third kappa shape index (κ3) is 6.26. The van der Waals surface area contributed by atoms with Gasteiger partial charge in [0, 0.05) is 31.2 Å². The number of nitrogens with one attached hydrogen (secondary N) is 2. The number of nitrogens with zero attached hydrogens (tertiary/aromatic N) is 1. The van der Waals surface area contributed by atoms with Crippen LogP contribution in [-0.4, -0.2) is 50.7 Å². The minimum Gasteiger partial charge on any atom is -0.334 e. The van der Waals surface area contributed by atoms with E-state index in [1.54, 1.807) is 19.1 Å². The number of carbonyl (C=O) groups is 1. The average Bonchev–Trinajstić information content (AvgIpc) is 3.12. The van der Waals surface area contributed by atoms with Crippen LogP contribution in [0.15, 0.2) is 24.3 Å². The lowest BCUT2D eigenvalue weighted by Crippen LogP contribution is -2.42. The molecule has 1 heterocycles. The van der Waals surface area contributed by atoms with Gasteiger partial charge in [0.25, 0.3) is 5.91 Å². The Morgan fingerprint density at radius 1 is 1.28 bits per heavy atom. The van der Waals surface area contributed by atoms with Gasteiger partial charge < -0.3 is 10.2 Å². The Balaban J connectivity index is 0.00000312. The minimum absolute atomic E-state index is 0. The first kappa shape index (κ1) is 21.9. The van der Waals surface area contributed by atoms with E-state index in [0.717, 1.165) is 38.0 Å². The molecule has 1 aliphatic rings. The third-order valence-corrected chi connectivity index (χ3v) is 5.62. The van der Waals surface area contributed by atoms with Crippen LogP contribution in [0.5, 0.6) is 0 Å². The number of benzene rings is 1. The molecule has 0 spiro atoms. The largest absolute Gasteiger partial charge is 0.334 e. The molecule has 1 amide bonds. The highest BCUT2D eigenvalue weighted by Gasteiger charge is 2.26. The Hall–Kier alpha value is -1.15. The Kier molecular flexibility index (Phi) is 8.85. The third-order valence-electron chi connectivity index (χ3n) is 4.28. The van der Waals surface area contributed by atoms with Crippen LogP contribution in [0, 0.1) is 0 Å². The second kappa shape index (κ2) is 10.1. The predicted molar refractivity (Wildman–Crippen MR) is 103 cm³/mol. The van der Waals surface area contributed by atoms with E-state index in [4.69, 9.17) is 0 Å². The molecule has 0 radical (unpaired) electrons. The van der Waals surface area contributed by atoms with Crippen molar-refractivity contribution in [1.82, 2.24) is 14.9 Å². The van der Waals surface area contributed by atoms with Crippen molar-refractivity contribution < 1.29 is 13.2 Å². The first-order valence-corrected chi connectivity index (χ1v) is 10.2. The Morgan fingerprint density at radius 2 is 1.96 bits per heavy atom. The zero-order chi connectivity index (χ0) is 17.6. The summed E-state index contributed by atoms with van der Waals surface area (Å²) in [4.78, 5) is 14.7. The van der Waals surface area contributed by atoms with E-state index >= 15 is 0 Å². The van der Waals surface area contributed by atoms with E-state index in [1.165, 1.54) is 0 Å². The van der Waals surface area contributed by atoms with Crippen LogP contribution in [0.4, 0.5) is 0 Å². The fourth-order valence-electron chi connectivity index (χ4n) is 2.82. The molecule has 1 aromatic carbocycles. The highest BCUT2D eigenvalue weighted by molar-refractivity contribution is 7.89. The van der Waals surface area contributed by atoms with Gasteiger partial charge in [0.05, 0.1) is 5.75 Å². The monoisotopic (exact) mass is 389 g/mol. The quantitative estimate of drug-likeness (QED) is 0.710. The SMILES string of the molecule is CCCN(C(=O)c1ccc(CNS(=O)(=O)CC)cc1)C1CCNC1.Cl. The standard InChI is InChI=1S/C17H27N3O3S.ClH/c1-3-11-20(16-9-10-18-13-16)17(21)15-7-5-14(6-8-15)12-19-24(22,23)4-2;/h5-8,16,18-19H,3-4,9-13H2,1-2H3;1H. The van der Waals surface area contributed by atoms with E-state index in [-0.39, 0.29) is 36.7 Å². The maximum absolute atomic E-state index is 12.8. The molecular weight excluding hydrogens is 362 g/mol. The van der Waals surface area contributed by atoms with Crippen LogP contribution in [0.1, 0.15) is 42.6 Å². The summed E-state index contributed by atoms with van der Waals surface area (Å²) in [6.45, 7) is 6.48. The predicted octanol–water partition coefficient (Wildman–Crippen LogP) is 1.76. The summed E-state index contributed by atoms with van der Waals surface area (Å²) in [7, 11) is -3.21. The van der Waals surface area contributed by atoms with Gasteiger partial charge in [-0.05, 0) is 44.0 Å². The van der Waals surface area contributed by atoms with Crippen LogP contribution in [-0.2, 0) is 16.6 Å². The van der Waals surface area contributed by atoms with Gasteiger partial charge in [0.1, 0.15) is 0 Å². The van der Waals surface area contributed by atoms with Crippen molar-refractivity contribution in [3.05, 3.63) is 35.4 Å². The zero-order valence-electron chi connectivity index (χ0n) is 14.8. The number of amides is 1. The fraction of sp³-hybridized carbons (Fsp3) is 0.588. The fourth-order valence-corrected chi connectivity index (χ4v) is 3.41. The molecule has 6 nitrogen and oxygen atoms in total. The number of rotatable bonds is 8. The topological polar surface area (TPSA) is 78.5 Å². The minimum atomic E-state index is -3.21. The van der Waals surface area contributed by atoms with Crippen LogP contribution >= 0.6 is 12.4 Å². The van der Waals surface area contributed by atoms with Crippen LogP contribution in [0.3, 0.4) is 0 Å². The number of hydrogen-bond donors (Lipinski definition) is 2. The summed E-state index contributed by atoms with van der Waals surface area (Å²) in [6.07, 6.45) is 1.92. The molecule has 1 unspecified atom stereocenters. The Morgan fingerprint density at radius 3 is 2.48 bits per heavy atom. The average molecular weight is 390 g/mol. The van der Waals surface area contributed by atoms with E-state index in [2.05, 4.69) is 17.0 Å². The lowest BCUT2D eigenvalue weighted by molar-refractivity contribution is 0.0692. The number of hydrogen-bond acceptors (Lipinski definition) is 4. The second-order valence-corrected chi connectivity index (χ2v) is 8.16. The lowest BCUT2D eigenvalue weighted by Gasteiger charge is -2.28.